The van der Waals surface area contributed by atoms with E-state index in [1.165, 1.54) is 16.4 Å². The molecule has 14 aromatic carbocycles. The van der Waals surface area contributed by atoms with Gasteiger partial charge in [0, 0.05) is 95.0 Å². The van der Waals surface area contributed by atoms with Crippen LogP contribution < -0.4 is 26.2 Å². The fraction of sp³-hybridized carbons (Fsp3) is 0. The minimum absolute atomic E-state index is 0.00428. The summed E-state index contributed by atoms with van der Waals surface area (Å²) in [5, 5.41) is 2.06. The van der Waals surface area contributed by atoms with Crippen LogP contribution in [-0.2, 0) is 0 Å². The third-order valence-corrected chi connectivity index (χ3v) is 20.3. The molecule has 18 aromatic rings. The molecule has 11 nitrogen and oxygen atoms in total. The molecule has 0 aliphatic carbocycles. The van der Waals surface area contributed by atoms with Crippen molar-refractivity contribution in [1.82, 2.24) is 44.4 Å². The van der Waals surface area contributed by atoms with Crippen molar-refractivity contribution in [2.45, 2.75) is 0 Å². The Morgan fingerprint density at radius 3 is 1.05 bits per heavy atom. The van der Waals surface area contributed by atoms with Crippen LogP contribution >= 0.6 is 0 Å². The largest absolute Gasteiger partial charge is 0.311 e. The Morgan fingerprint density at radius 1 is 0.208 bits per heavy atom. The average molecular weight is 1350 g/mol. The molecule has 2 aliphatic heterocycles. The maximum Gasteiger partial charge on any atom is 0.252 e. The van der Waals surface area contributed by atoms with Crippen LogP contribution in [0.2, 0.25) is 0 Å². The second-order valence-electron chi connectivity index (χ2n) is 26.6. The Kier molecular flexibility index (Phi) is 15.0. The number of rotatable bonds is 13. The summed E-state index contributed by atoms with van der Waals surface area (Å²) in [6, 6.07) is 128. The van der Waals surface area contributed by atoms with Gasteiger partial charge in [0.15, 0.2) is 40.8 Å². The van der Waals surface area contributed by atoms with Crippen LogP contribution in [0.4, 0.5) is 34.1 Å². The topological polar surface area (TPSA) is 115 Å². The zero-order valence-corrected chi connectivity index (χ0v) is 57.1. The molecular formula is C94H60BN11. The van der Waals surface area contributed by atoms with E-state index in [2.05, 4.69) is 251 Å². The van der Waals surface area contributed by atoms with Crippen molar-refractivity contribution in [3.63, 3.8) is 0 Å². The highest BCUT2D eigenvalue weighted by Gasteiger charge is 2.43. The molecule has 0 unspecified atom stereocenters. The molecule has 2 aliphatic rings. The summed E-state index contributed by atoms with van der Waals surface area (Å²) in [6.45, 7) is -0.00428. The van der Waals surface area contributed by atoms with Gasteiger partial charge < -0.3 is 14.4 Å². The lowest BCUT2D eigenvalue weighted by atomic mass is 9.33. The smallest absolute Gasteiger partial charge is 0.252 e. The van der Waals surface area contributed by atoms with Gasteiger partial charge in [0.2, 0.25) is 0 Å². The van der Waals surface area contributed by atoms with E-state index in [1.54, 1.807) is 0 Å². The third kappa shape index (κ3) is 10.9. The van der Waals surface area contributed by atoms with Crippen molar-refractivity contribution in [2.75, 3.05) is 9.80 Å². The standard InChI is InChI=1S/C94H60BN11/c1-8-28-62(29-9-1)78-60-79(63-50-48-61(49-51-63)70-58-85-87-86(59-70)105(72-40-20-7-21-41-72)84-47-27-24-44-77(84)95(87)76-43-23-26-46-83(76)104(85)71-38-18-6-19-39-71)97-94(96-78)75-57-69(93-102-90(66-34-14-4-15-35-66)99-91(103-93)67-36-16-5-17-37-67)53-55-82(75)106-80-45-25-22-42-73(80)74-56-68(52-54-81(74)106)92-100-88(64-30-10-2-11-31-64)98-89(101-92)65-32-12-3-13-33-65/h1-60H. The van der Waals surface area contributed by atoms with Crippen molar-refractivity contribution < 1.29 is 0 Å². The van der Waals surface area contributed by atoms with E-state index in [0.29, 0.717) is 40.8 Å². The molecule has 0 spiro atoms. The first-order chi connectivity index (χ1) is 52.5. The summed E-state index contributed by atoms with van der Waals surface area (Å²) in [5.41, 5.74) is 24.9. The molecule has 0 bridgehead atoms. The van der Waals surface area contributed by atoms with Crippen LogP contribution in [0.25, 0.3) is 141 Å². The fourth-order valence-corrected chi connectivity index (χ4v) is 15.4. The maximum atomic E-state index is 5.74. The number of aromatic nitrogens is 9. The molecule has 6 heterocycles. The van der Waals surface area contributed by atoms with E-state index in [0.717, 1.165) is 134 Å². The SMILES string of the molecule is c1ccc(-c2cc(-c3ccc(-c4cc5c6c(c4)N(c4ccccc4)c4ccccc4B6c4ccccc4N5c4ccccc4)cc3)nc(-c3cc(-c4nc(-c5ccccc5)nc(-c5ccccc5)n4)ccc3-n3c4ccccc4c4cc(-c5nc(-c6ccccc6)nc(-c6ccccc6)n5)ccc43)n2)cc1. The van der Waals surface area contributed by atoms with Crippen LogP contribution in [-0.4, -0.2) is 51.2 Å². The molecule has 106 heavy (non-hydrogen) atoms. The van der Waals surface area contributed by atoms with Gasteiger partial charge in [0.1, 0.15) is 0 Å². The number of fused-ring (bicyclic) bond motifs is 7. The molecule has 0 atom stereocenters. The number of hydrogen-bond acceptors (Lipinski definition) is 10. The van der Waals surface area contributed by atoms with Gasteiger partial charge in [-0.25, -0.2) is 39.9 Å². The monoisotopic (exact) mass is 1350 g/mol. The van der Waals surface area contributed by atoms with Gasteiger partial charge in [0.05, 0.1) is 28.1 Å². The summed E-state index contributed by atoms with van der Waals surface area (Å²) >= 11 is 0. The van der Waals surface area contributed by atoms with Crippen LogP contribution in [0, 0.1) is 0 Å². The molecule has 494 valence electrons. The van der Waals surface area contributed by atoms with E-state index in [1.807, 2.05) is 127 Å². The predicted molar refractivity (Wildman–Crippen MR) is 432 cm³/mol. The second-order valence-corrected chi connectivity index (χ2v) is 26.6. The molecule has 0 amide bonds. The van der Waals surface area contributed by atoms with Crippen LogP contribution in [0.15, 0.2) is 364 Å². The first kappa shape index (κ1) is 61.5. The molecule has 0 radical (unpaired) electrons. The minimum Gasteiger partial charge on any atom is -0.311 e. The summed E-state index contributed by atoms with van der Waals surface area (Å²) in [4.78, 5) is 47.4. The van der Waals surface area contributed by atoms with Crippen molar-refractivity contribution in [2.24, 2.45) is 0 Å². The molecule has 0 saturated carbocycles. The van der Waals surface area contributed by atoms with Crippen LogP contribution in [0.1, 0.15) is 0 Å². The van der Waals surface area contributed by atoms with Crippen molar-refractivity contribution in [1.29, 1.82) is 0 Å². The Balaban J connectivity index is 0.779. The Labute approximate surface area is 612 Å². The second kappa shape index (κ2) is 25.9. The lowest BCUT2D eigenvalue weighted by Crippen LogP contribution is -2.61. The highest BCUT2D eigenvalue weighted by Crippen LogP contribution is 2.47. The third-order valence-electron chi connectivity index (χ3n) is 20.3. The number of nitrogens with zero attached hydrogens (tertiary/aromatic N) is 11. The summed E-state index contributed by atoms with van der Waals surface area (Å²) in [6.07, 6.45) is 0. The van der Waals surface area contributed by atoms with Gasteiger partial charge in [-0.15, -0.1) is 0 Å². The molecule has 4 aromatic heterocycles. The number of para-hydroxylation sites is 5. The van der Waals surface area contributed by atoms with E-state index >= 15 is 0 Å². The van der Waals surface area contributed by atoms with E-state index in [4.69, 9.17) is 39.9 Å². The number of hydrogen-bond donors (Lipinski definition) is 0. The lowest BCUT2D eigenvalue weighted by Gasteiger charge is -2.44. The first-order valence-corrected chi connectivity index (χ1v) is 35.6. The first-order valence-electron chi connectivity index (χ1n) is 35.6. The number of anilines is 6. The van der Waals surface area contributed by atoms with Gasteiger partial charge in [-0.3, -0.25) is 0 Å². The summed E-state index contributed by atoms with van der Waals surface area (Å²) in [7, 11) is 0. The van der Waals surface area contributed by atoms with E-state index in [-0.39, 0.29) is 6.71 Å². The van der Waals surface area contributed by atoms with Crippen molar-refractivity contribution >= 4 is 79.0 Å². The zero-order valence-electron chi connectivity index (χ0n) is 57.1. The molecule has 0 saturated heterocycles. The van der Waals surface area contributed by atoms with Gasteiger partial charge in [0.25, 0.3) is 6.71 Å². The summed E-state index contributed by atoms with van der Waals surface area (Å²) in [5.74, 6) is 3.89. The lowest BCUT2D eigenvalue weighted by molar-refractivity contribution is 1.07. The summed E-state index contributed by atoms with van der Waals surface area (Å²) < 4.78 is 2.33. The van der Waals surface area contributed by atoms with Gasteiger partial charge >= 0.3 is 0 Å². The maximum absolute atomic E-state index is 5.74. The van der Waals surface area contributed by atoms with Gasteiger partial charge in [-0.2, -0.15) is 0 Å². The van der Waals surface area contributed by atoms with Crippen LogP contribution in [0.3, 0.4) is 0 Å². The van der Waals surface area contributed by atoms with Gasteiger partial charge in [-0.05, 0) is 125 Å². The van der Waals surface area contributed by atoms with E-state index < -0.39 is 0 Å². The van der Waals surface area contributed by atoms with E-state index in [9.17, 15) is 0 Å². The van der Waals surface area contributed by atoms with Crippen LogP contribution in [0.5, 0.6) is 0 Å². The molecule has 0 fully saturated rings. The normalized spacial score (nSPS) is 12.1. The highest BCUT2D eigenvalue weighted by molar-refractivity contribution is 7.00. The molecule has 0 N–H and O–H groups in total. The number of benzene rings is 14. The molecular weight excluding hydrogens is 1290 g/mol. The quantitative estimate of drug-likeness (QED) is 0.103. The Bertz CT molecular complexity index is 6160. The average Bonchev–Trinajstić information content (AvgIpc) is 1.22. The fourth-order valence-electron chi connectivity index (χ4n) is 15.4. The highest BCUT2D eigenvalue weighted by atomic mass is 15.2. The molecule has 12 heteroatoms. The molecule has 20 rings (SSSR count). The van der Waals surface area contributed by atoms with Gasteiger partial charge in [-0.1, -0.05) is 267 Å². The van der Waals surface area contributed by atoms with Crippen molar-refractivity contribution in [3.8, 4) is 119 Å². The Hall–Kier alpha value is -14.4. The van der Waals surface area contributed by atoms with Crippen molar-refractivity contribution in [3.05, 3.63) is 364 Å². The zero-order chi connectivity index (χ0) is 70.0. The Morgan fingerprint density at radius 2 is 0.566 bits per heavy atom. The predicted octanol–water partition coefficient (Wildman–Crippen LogP) is 20.7. The minimum atomic E-state index is -0.00428.